The van der Waals surface area contributed by atoms with Gasteiger partial charge < -0.3 is 16.2 Å². The summed E-state index contributed by atoms with van der Waals surface area (Å²) < 4.78 is 0. The van der Waals surface area contributed by atoms with Crippen LogP contribution in [-0.4, -0.2) is 36.1 Å². The van der Waals surface area contributed by atoms with Crippen LogP contribution in [0.25, 0.3) is 0 Å². The molecular weight excluding hydrogens is 274 g/mol. The van der Waals surface area contributed by atoms with Gasteiger partial charge >= 0.3 is 12.0 Å². The first kappa shape index (κ1) is 16.5. The van der Waals surface area contributed by atoms with E-state index in [1.807, 2.05) is 19.9 Å². The highest BCUT2D eigenvalue weighted by Gasteiger charge is 2.24. The fraction of sp³-hybridized carbons (Fsp3) is 0.357. The minimum atomic E-state index is -1.34. The standard InChI is InChI=1S/C14H19N3O4/c1-8-4-9(2)6-10(5-8)17(3)14(21)16-11(13(19)20)7-12(15)18/h4-6,11H,7H2,1-3H3,(H2,15,18)(H,16,21)(H,19,20)/t11-/m1/s1. The zero-order valence-electron chi connectivity index (χ0n) is 12.2. The van der Waals surface area contributed by atoms with Crippen LogP contribution in [-0.2, 0) is 9.59 Å². The summed E-state index contributed by atoms with van der Waals surface area (Å²) >= 11 is 0. The van der Waals surface area contributed by atoms with E-state index in [9.17, 15) is 14.4 Å². The van der Waals surface area contributed by atoms with Crippen LogP contribution in [0.5, 0.6) is 0 Å². The van der Waals surface area contributed by atoms with Crippen molar-refractivity contribution in [3.8, 4) is 0 Å². The molecule has 1 rings (SSSR count). The predicted octanol–water partition coefficient (Wildman–Crippen LogP) is 0.778. The molecule has 114 valence electrons. The number of benzene rings is 1. The molecule has 0 fully saturated rings. The minimum Gasteiger partial charge on any atom is -0.480 e. The van der Waals surface area contributed by atoms with Crippen LogP contribution in [0.2, 0.25) is 0 Å². The fourth-order valence-electron chi connectivity index (χ4n) is 1.91. The number of carbonyl (C=O) groups is 3. The molecule has 0 saturated carbocycles. The van der Waals surface area contributed by atoms with Crippen LogP contribution in [0.3, 0.4) is 0 Å². The van der Waals surface area contributed by atoms with Gasteiger partial charge in [-0.2, -0.15) is 0 Å². The number of carboxylic acid groups (broad SMARTS) is 1. The zero-order valence-corrected chi connectivity index (χ0v) is 12.2. The van der Waals surface area contributed by atoms with Crippen LogP contribution in [0.15, 0.2) is 18.2 Å². The summed E-state index contributed by atoms with van der Waals surface area (Å²) in [6.07, 6.45) is -0.457. The number of hydrogen-bond donors (Lipinski definition) is 3. The van der Waals surface area contributed by atoms with Crippen molar-refractivity contribution in [2.45, 2.75) is 26.3 Å². The molecule has 1 aromatic carbocycles. The van der Waals surface area contributed by atoms with E-state index in [0.29, 0.717) is 5.69 Å². The maximum atomic E-state index is 12.1. The number of urea groups is 1. The number of nitrogens with two attached hydrogens (primary N) is 1. The Hall–Kier alpha value is -2.57. The summed E-state index contributed by atoms with van der Waals surface area (Å²) in [6, 6.07) is 3.60. The van der Waals surface area contributed by atoms with Gasteiger partial charge in [0.2, 0.25) is 5.91 Å². The zero-order chi connectivity index (χ0) is 16.2. The molecule has 7 heteroatoms. The third kappa shape index (κ3) is 4.79. The van der Waals surface area contributed by atoms with E-state index >= 15 is 0 Å². The number of rotatable bonds is 5. The van der Waals surface area contributed by atoms with E-state index in [4.69, 9.17) is 10.8 Å². The van der Waals surface area contributed by atoms with Crippen LogP contribution < -0.4 is 16.0 Å². The monoisotopic (exact) mass is 293 g/mol. The third-order valence-corrected chi connectivity index (χ3v) is 2.90. The lowest BCUT2D eigenvalue weighted by atomic mass is 10.1. The number of nitrogens with one attached hydrogen (secondary N) is 1. The second-order valence-corrected chi connectivity index (χ2v) is 4.92. The van der Waals surface area contributed by atoms with Gasteiger partial charge in [0, 0.05) is 12.7 Å². The molecule has 1 atom stereocenters. The van der Waals surface area contributed by atoms with Crippen LogP contribution in [0, 0.1) is 13.8 Å². The molecule has 21 heavy (non-hydrogen) atoms. The van der Waals surface area contributed by atoms with E-state index in [2.05, 4.69) is 5.32 Å². The first-order valence-electron chi connectivity index (χ1n) is 6.34. The Morgan fingerprint density at radius 2 is 1.76 bits per heavy atom. The Bertz CT molecular complexity index is 551. The summed E-state index contributed by atoms with van der Waals surface area (Å²) in [5.41, 5.74) is 7.57. The van der Waals surface area contributed by atoms with Crippen molar-refractivity contribution in [2.24, 2.45) is 5.73 Å². The van der Waals surface area contributed by atoms with Gasteiger partial charge in [0.1, 0.15) is 6.04 Å². The number of primary amides is 1. The summed E-state index contributed by atoms with van der Waals surface area (Å²) in [6.45, 7) is 3.80. The average molecular weight is 293 g/mol. The normalized spacial score (nSPS) is 11.6. The van der Waals surface area contributed by atoms with Gasteiger partial charge in [0.15, 0.2) is 0 Å². The SMILES string of the molecule is Cc1cc(C)cc(N(C)C(=O)N[C@H](CC(N)=O)C(=O)O)c1. The van der Waals surface area contributed by atoms with Gasteiger partial charge in [-0.15, -0.1) is 0 Å². The number of anilines is 1. The maximum Gasteiger partial charge on any atom is 0.326 e. The molecule has 0 saturated heterocycles. The number of nitrogens with zero attached hydrogens (tertiary/aromatic N) is 1. The molecule has 0 radical (unpaired) electrons. The lowest BCUT2D eigenvalue weighted by Gasteiger charge is -2.21. The van der Waals surface area contributed by atoms with Gasteiger partial charge in [-0.05, 0) is 37.1 Å². The molecule has 0 aliphatic carbocycles. The molecule has 4 N–H and O–H groups in total. The Labute approximate surface area is 122 Å². The number of carbonyl (C=O) groups excluding carboxylic acids is 2. The van der Waals surface area contributed by atoms with E-state index in [1.165, 1.54) is 11.9 Å². The molecule has 1 aromatic rings. The molecule has 0 aliphatic heterocycles. The molecule has 0 bridgehead atoms. The van der Waals surface area contributed by atoms with Crippen molar-refractivity contribution in [3.63, 3.8) is 0 Å². The molecule has 0 spiro atoms. The summed E-state index contributed by atoms with van der Waals surface area (Å²) in [5.74, 6) is -2.10. The van der Waals surface area contributed by atoms with Gasteiger partial charge in [0.05, 0.1) is 6.42 Å². The highest BCUT2D eigenvalue weighted by Crippen LogP contribution is 2.17. The van der Waals surface area contributed by atoms with Crippen LogP contribution in [0.4, 0.5) is 10.5 Å². The number of aryl methyl sites for hydroxylation is 2. The van der Waals surface area contributed by atoms with E-state index in [1.54, 1.807) is 12.1 Å². The molecule has 7 nitrogen and oxygen atoms in total. The summed E-state index contributed by atoms with van der Waals surface area (Å²) in [4.78, 5) is 35.2. The van der Waals surface area contributed by atoms with E-state index < -0.39 is 30.4 Å². The van der Waals surface area contributed by atoms with E-state index in [0.717, 1.165) is 11.1 Å². The van der Waals surface area contributed by atoms with E-state index in [-0.39, 0.29) is 0 Å². The lowest BCUT2D eigenvalue weighted by Crippen LogP contribution is -2.48. The van der Waals surface area contributed by atoms with Gasteiger partial charge in [-0.25, -0.2) is 9.59 Å². The fourth-order valence-corrected chi connectivity index (χ4v) is 1.91. The molecule has 0 aliphatic rings. The molecule has 3 amide bonds. The Kier molecular flexibility index (Phi) is 5.29. The van der Waals surface area contributed by atoms with Gasteiger partial charge in [-0.3, -0.25) is 9.69 Å². The molecule has 0 unspecified atom stereocenters. The number of aliphatic carboxylic acids is 1. The molecule has 0 heterocycles. The Balaban J connectivity index is 2.86. The van der Waals surface area contributed by atoms with Crippen molar-refractivity contribution >= 4 is 23.6 Å². The topological polar surface area (TPSA) is 113 Å². The highest BCUT2D eigenvalue weighted by molar-refractivity contribution is 5.95. The second-order valence-electron chi connectivity index (χ2n) is 4.92. The van der Waals surface area contributed by atoms with Crippen molar-refractivity contribution < 1.29 is 19.5 Å². The van der Waals surface area contributed by atoms with Crippen molar-refractivity contribution in [1.29, 1.82) is 0 Å². The Morgan fingerprint density at radius 3 is 2.19 bits per heavy atom. The second kappa shape index (κ2) is 6.74. The predicted molar refractivity (Wildman–Crippen MR) is 78.1 cm³/mol. The average Bonchev–Trinajstić information content (AvgIpc) is 2.35. The molecular formula is C14H19N3O4. The first-order valence-corrected chi connectivity index (χ1v) is 6.34. The quantitative estimate of drug-likeness (QED) is 0.744. The Morgan fingerprint density at radius 1 is 1.24 bits per heavy atom. The van der Waals surface area contributed by atoms with Crippen molar-refractivity contribution in [1.82, 2.24) is 5.32 Å². The number of carboxylic acids is 1. The largest absolute Gasteiger partial charge is 0.480 e. The van der Waals surface area contributed by atoms with Gasteiger partial charge in [-0.1, -0.05) is 6.07 Å². The highest BCUT2D eigenvalue weighted by atomic mass is 16.4. The first-order chi connectivity index (χ1) is 9.70. The smallest absolute Gasteiger partial charge is 0.326 e. The van der Waals surface area contributed by atoms with Crippen molar-refractivity contribution in [3.05, 3.63) is 29.3 Å². The minimum absolute atomic E-state index is 0.457. The lowest BCUT2D eigenvalue weighted by molar-refractivity contribution is -0.140. The van der Waals surface area contributed by atoms with Crippen LogP contribution >= 0.6 is 0 Å². The number of amides is 3. The molecule has 0 aromatic heterocycles. The number of hydrogen-bond acceptors (Lipinski definition) is 3. The summed E-state index contributed by atoms with van der Waals surface area (Å²) in [7, 11) is 1.52. The van der Waals surface area contributed by atoms with Gasteiger partial charge in [0.25, 0.3) is 0 Å². The van der Waals surface area contributed by atoms with Crippen molar-refractivity contribution in [2.75, 3.05) is 11.9 Å². The van der Waals surface area contributed by atoms with Crippen LogP contribution in [0.1, 0.15) is 17.5 Å². The maximum absolute atomic E-state index is 12.1. The summed E-state index contributed by atoms with van der Waals surface area (Å²) in [5, 5.41) is 11.2. The third-order valence-electron chi connectivity index (χ3n) is 2.90.